The van der Waals surface area contributed by atoms with Crippen LogP contribution in [0.2, 0.25) is 5.02 Å². The Morgan fingerprint density at radius 2 is 2.22 bits per heavy atom. The number of morpholine rings is 1. The van der Waals surface area contributed by atoms with Crippen LogP contribution in [-0.2, 0) is 9.53 Å². The van der Waals surface area contributed by atoms with Crippen molar-refractivity contribution in [1.82, 2.24) is 10.6 Å². The van der Waals surface area contributed by atoms with E-state index in [1.165, 1.54) is 0 Å². The number of rotatable bonds is 5. The molecule has 6 nitrogen and oxygen atoms in total. The summed E-state index contributed by atoms with van der Waals surface area (Å²) in [6.07, 6.45) is 0. The maximum absolute atomic E-state index is 12.1. The molecule has 2 rings (SSSR count). The van der Waals surface area contributed by atoms with Crippen LogP contribution in [0, 0.1) is 5.92 Å². The summed E-state index contributed by atoms with van der Waals surface area (Å²) in [5, 5.41) is 8.96. The minimum Gasteiger partial charge on any atom is -0.378 e. The van der Waals surface area contributed by atoms with Crippen LogP contribution in [0.15, 0.2) is 18.2 Å². The van der Waals surface area contributed by atoms with Gasteiger partial charge in [0.05, 0.1) is 23.8 Å². The molecule has 1 aromatic carbocycles. The number of hydrogen-bond donors (Lipinski definition) is 3. The zero-order valence-electron chi connectivity index (χ0n) is 13.3. The molecule has 0 radical (unpaired) electrons. The normalized spacial score (nSPS) is 17.8. The Balaban J connectivity index is 1.98. The van der Waals surface area contributed by atoms with Gasteiger partial charge < -0.3 is 20.7 Å². The third-order valence-corrected chi connectivity index (χ3v) is 3.70. The van der Waals surface area contributed by atoms with Gasteiger partial charge in [-0.2, -0.15) is 0 Å². The summed E-state index contributed by atoms with van der Waals surface area (Å²) < 4.78 is 5.26. The molecule has 0 aliphatic carbocycles. The minimum atomic E-state index is -0.378. The van der Waals surface area contributed by atoms with Gasteiger partial charge in [0.15, 0.2) is 0 Å². The number of hydrogen-bond acceptors (Lipinski definition) is 4. The van der Waals surface area contributed by atoms with E-state index < -0.39 is 0 Å². The smallest absolute Gasteiger partial charge is 0.252 e. The van der Waals surface area contributed by atoms with Gasteiger partial charge in [-0.3, -0.25) is 9.59 Å². The number of nitrogens with one attached hydrogen (secondary N) is 3. The van der Waals surface area contributed by atoms with Crippen molar-refractivity contribution in [3.63, 3.8) is 0 Å². The lowest BCUT2D eigenvalue weighted by molar-refractivity contribution is -0.120. The Morgan fingerprint density at radius 1 is 1.43 bits per heavy atom. The molecule has 1 fully saturated rings. The van der Waals surface area contributed by atoms with E-state index in [9.17, 15) is 9.59 Å². The topological polar surface area (TPSA) is 79.5 Å². The molecule has 0 aromatic heterocycles. The first-order valence-corrected chi connectivity index (χ1v) is 8.05. The van der Waals surface area contributed by atoms with Crippen molar-refractivity contribution in [2.45, 2.75) is 19.9 Å². The Hall–Kier alpha value is -1.63. The first-order chi connectivity index (χ1) is 11.0. The molecule has 1 atom stereocenters. The van der Waals surface area contributed by atoms with Gasteiger partial charge in [-0.05, 0) is 24.1 Å². The second-order valence-corrected chi connectivity index (χ2v) is 6.28. The molecule has 2 amide bonds. The van der Waals surface area contributed by atoms with Crippen molar-refractivity contribution in [1.29, 1.82) is 0 Å². The molecule has 1 aliphatic heterocycles. The highest BCUT2D eigenvalue weighted by Crippen LogP contribution is 2.21. The molecule has 1 aliphatic rings. The quantitative estimate of drug-likeness (QED) is 0.762. The predicted octanol–water partition coefficient (Wildman–Crippen LogP) is 1.65. The van der Waals surface area contributed by atoms with Crippen molar-refractivity contribution in [2.75, 3.05) is 31.6 Å². The number of halogens is 1. The van der Waals surface area contributed by atoms with Gasteiger partial charge in [-0.1, -0.05) is 25.4 Å². The van der Waals surface area contributed by atoms with E-state index in [2.05, 4.69) is 16.0 Å². The molecule has 0 bridgehead atoms. The van der Waals surface area contributed by atoms with Crippen molar-refractivity contribution < 1.29 is 14.3 Å². The number of anilines is 1. The lowest BCUT2D eigenvalue weighted by Crippen LogP contribution is -2.48. The molecule has 0 spiro atoms. The average Bonchev–Trinajstić information content (AvgIpc) is 2.53. The van der Waals surface area contributed by atoms with E-state index in [0.29, 0.717) is 48.5 Å². The molecule has 3 N–H and O–H groups in total. The lowest BCUT2D eigenvalue weighted by Gasteiger charge is -2.23. The van der Waals surface area contributed by atoms with Gasteiger partial charge in [-0.25, -0.2) is 0 Å². The highest BCUT2D eigenvalue weighted by Gasteiger charge is 2.21. The molecule has 7 heteroatoms. The van der Waals surface area contributed by atoms with Gasteiger partial charge in [-0.15, -0.1) is 0 Å². The summed E-state index contributed by atoms with van der Waals surface area (Å²) in [5.74, 6) is -0.0387. The van der Waals surface area contributed by atoms with E-state index in [1.807, 2.05) is 13.8 Å². The number of carbonyl (C=O) groups excluding carboxylic acids is 2. The second-order valence-electron chi connectivity index (χ2n) is 5.87. The van der Waals surface area contributed by atoms with Crippen molar-refractivity contribution >= 4 is 29.1 Å². The summed E-state index contributed by atoms with van der Waals surface area (Å²) >= 11 is 6.16. The third kappa shape index (κ3) is 5.20. The Bertz CT molecular complexity index is 572. The summed E-state index contributed by atoms with van der Waals surface area (Å²) in [6, 6.07) is 4.47. The largest absolute Gasteiger partial charge is 0.378 e. The van der Waals surface area contributed by atoms with Crippen LogP contribution < -0.4 is 16.0 Å². The highest BCUT2D eigenvalue weighted by molar-refractivity contribution is 6.34. The monoisotopic (exact) mass is 339 g/mol. The van der Waals surface area contributed by atoms with Gasteiger partial charge in [0.1, 0.15) is 6.04 Å². The Labute approximate surface area is 140 Å². The highest BCUT2D eigenvalue weighted by atomic mass is 35.5. The predicted molar refractivity (Wildman–Crippen MR) is 89.9 cm³/mol. The minimum absolute atomic E-state index is 0.183. The van der Waals surface area contributed by atoms with E-state index in [0.717, 1.165) is 0 Å². The summed E-state index contributed by atoms with van der Waals surface area (Å²) in [6.45, 7) is 6.22. The summed E-state index contributed by atoms with van der Waals surface area (Å²) in [7, 11) is 0. The molecule has 1 unspecified atom stereocenters. The molecule has 1 saturated heterocycles. The maximum atomic E-state index is 12.1. The Morgan fingerprint density at radius 3 is 2.83 bits per heavy atom. The second kappa shape index (κ2) is 8.29. The number of carbonyl (C=O) groups is 2. The van der Waals surface area contributed by atoms with Crippen molar-refractivity contribution in [3.8, 4) is 0 Å². The van der Waals surface area contributed by atoms with Crippen LogP contribution in [-0.4, -0.2) is 44.2 Å². The standard InChI is InChI=1S/C16H22ClN3O3/c1-10(2)8-19-15(21)12-4-3-11(7-13(12)17)20-16(22)14-9-23-6-5-18-14/h3-4,7,10,14,18H,5-6,8-9H2,1-2H3,(H,19,21)(H,20,22). The van der Waals surface area contributed by atoms with E-state index in [4.69, 9.17) is 16.3 Å². The van der Waals surface area contributed by atoms with E-state index in [1.54, 1.807) is 18.2 Å². The first-order valence-electron chi connectivity index (χ1n) is 7.67. The van der Waals surface area contributed by atoms with E-state index in [-0.39, 0.29) is 17.9 Å². The maximum Gasteiger partial charge on any atom is 0.252 e. The van der Waals surface area contributed by atoms with Crippen LogP contribution in [0.1, 0.15) is 24.2 Å². The molecular weight excluding hydrogens is 318 g/mol. The van der Waals surface area contributed by atoms with Gasteiger partial charge in [0, 0.05) is 18.8 Å². The SMILES string of the molecule is CC(C)CNC(=O)c1ccc(NC(=O)C2COCCN2)cc1Cl. The average molecular weight is 340 g/mol. The summed E-state index contributed by atoms with van der Waals surface area (Å²) in [5.41, 5.74) is 0.942. The summed E-state index contributed by atoms with van der Waals surface area (Å²) in [4.78, 5) is 24.1. The van der Waals surface area contributed by atoms with Crippen LogP contribution >= 0.6 is 11.6 Å². The van der Waals surface area contributed by atoms with Crippen LogP contribution in [0.4, 0.5) is 5.69 Å². The lowest BCUT2D eigenvalue weighted by atomic mass is 10.1. The molecule has 0 saturated carbocycles. The molecule has 23 heavy (non-hydrogen) atoms. The van der Waals surface area contributed by atoms with Crippen LogP contribution in [0.5, 0.6) is 0 Å². The fourth-order valence-electron chi connectivity index (χ4n) is 2.13. The number of amides is 2. The third-order valence-electron chi connectivity index (χ3n) is 3.39. The van der Waals surface area contributed by atoms with Crippen LogP contribution in [0.3, 0.4) is 0 Å². The fraction of sp³-hybridized carbons (Fsp3) is 0.500. The van der Waals surface area contributed by atoms with Gasteiger partial charge in [0.25, 0.3) is 5.91 Å². The molecule has 1 aromatic rings. The molecule has 126 valence electrons. The van der Waals surface area contributed by atoms with Crippen LogP contribution in [0.25, 0.3) is 0 Å². The number of ether oxygens (including phenoxy) is 1. The number of benzene rings is 1. The zero-order valence-corrected chi connectivity index (χ0v) is 14.1. The van der Waals surface area contributed by atoms with Gasteiger partial charge in [0.2, 0.25) is 5.91 Å². The fourth-order valence-corrected chi connectivity index (χ4v) is 2.40. The molecular formula is C16H22ClN3O3. The van der Waals surface area contributed by atoms with Crippen molar-refractivity contribution in [3.05, 3.63) is 28.8 Å². The van der Waals surface area contributed by atoms with E-state index >= 15 is 0 Å². The van der Waals surface area contributed by atoms with Crippen molar-refractivity contribution in [2.24, 2.45) is 5.92 Å². The van der Waals surface area contributed by atoms with Gasteiger partial charge >= 0.3 is 0 Å². The Kier molecular flexibility index (Phi) is 6.38. The zero-order chi connectivity index (χ0) is 16.8. The molecule has 1 heterocycles. The first kappa shape index (κ1) is 17.7.